The van der Waals surface area contributed by atoms with Gasteiger partial charge in [-0.05, 0) is 18.9 Å². The van der Waals surface area contributed by atoms with Crippen molar-refractivity contribution < 1.29 is 0 Å². The molecule has 0 fully saturated rings. The van der Waals surface area contributed by atoms with Crippen molar-refractivity contribution in [1.82, 2.24) is 15.3 Å². The van der Waals surface area contributed by atoms with Crippen LogP contribution in [0.25, 0.3) is 0 Å². The lowest BCUT2D eigenvalue weighted by atomic mass is 10.1. The number of hydrogen-bond donors (Lipinski definition) is 1. The van der Waals surface area contributed by atoms with Gasteiger partial charge in [-0.15, -0.1) is 0 Å². The van der Waals surface area contributed by atoms with Crippen molar-refractivity contribution in [1.29, 1.82) is 0 Å². The van der Waals surface area contributed by atoms with E-state index in [-0.39, 0.29) is 0 Å². The van der Waals surface area contributed by atoms with Crippen LogP contribution in [-0.2, 0) is 6.54 Å². The largest absolute Gasteiger partial charge is 0.372 e. The van der Waals surface area contributed by atoms with E-state index in [1.54, 1.807) is 0 Å². The second-order valence-electron chi connectivity index (χ2n) is 6.29. The van der Waals surface area contributed by atoms with Crippen LogP contribution >= 0.6 is 0 Å². The predicted octanol–water partition coefficient (Wildman–Crippen LogP) is 3.58. The molecule has 1 aromatic rings. The molecule has 0 saturated carbocycles. The third-order valence-corrected chi connectivity index (χ3v) is 3.79. The van der Waals surface area contributed by atoms with Crippen molar-refractivity contribution in [2.45, 2.75) is 59.9 Å². The SMILES string of the molecule is CCCNCc1nc(C(C)C)ncc1N(C)CC(C)CC. The Morgan fingerprint density at radius 1 is 1.24 bits per heavy atom. The van der Waals surface area contributed by atoms with E-state index in [9.17, 15) is 0 Å². The highest BCUT2D eigenvalue weighted by atomic mass is 15.1. The molecule has 1 unspecified atom stereocenters. The molecule has 0 radical (unpaired) electrons. The van der Waals surface area contributed by atoms with Gasteiger partial charge in [-0.1, -0.05) is 41.0 Å². The van der Waals surface area contributed by atoms with Gasteiger partial charge >= 0.3 is 0 Å². The molecule has 1 rings (SSSR count). The zero-order chi connectivity index (χ0) is 15.8. The Bertz CT molecular complexity index is 417. The van der Waals surface area contributed by atoms with Crippen LogP contribution in [0.4, 0.5) is 5.69 Å². The number of aromatic nitrogens is 2. The van der Waals surface area contributed by atoms with E-state index in [4.69, 9.17) is 4.98 Å². The zero-order valence-electron chi connectivity index (χ0n) is 14.6. The molecule has 1 atom stereocenters. The van der Waals surface area contributed by atoms with E-state index in [2.05, 4.69) is 56.9 Å². The van der Waals surface area contributed by atoms with E-state index in [1.807, 2.05) is 6.20 Å². The normalized spacial score (nSPS) is 12.7. The number of hydrogen-bond acceptors (Lipinski definition) is 4. The fraction of sp³-hybridized carbons (Fsp3) is 0.765. The first kappa shape index (κ1) is 17.9. The van der Waals surface area contributed by atoms with Gasteiger partial charge in [-0.2, -0.15) is 0 Å². The van der Waals surface area contributed by atoms with Crippen LogP contribution in [0.3, 0.4) is 0 Å². The fourth-order valence-electron chi connectivity index (χ4n) is 2.23. The first-order valence-electron chi connectivity index (χ1n) is 8.27. The molecule has 0 aliphatic rings. The summed E-state index contributed by atoms with van der Waals surface area (Å²) in [4.78, 5) is 11.6. The highest BCUT2D eigenvalue weighted by Gasteiger charge is 2.14. The summed E-state index contributed by atoms with van der Waals surface area (Å²) in [5.41, 5.74) is 2.27. The molecule has 0 spiro atoms. The maximum atomic E-state index is 4.78. The third kappa shape index (κ3) is 5.62. The summed E-state index contributed by atoms with van der Waals surface area (Å²) in [6.45, 7) is 13.9. The van der Waals surface area contributed by atoms with E-state index >= 15 is 0 Å². The summed E-state index contributed by atoms with van der Waals surface area (Å²) >= 11 is 0. The molecule has 0 amide bonds. The van der Waals surface area contributed by atoms with E-state index in [0.717, 1.165) is 43.3 Å². The molecule has 0 saturated heterocycles. The van der Waals surface area contributed by atoms with Gasteiger partial charge in [0.25, 0.3) is 0 Å². The Balaban J connectivity index is 2.93. The van der Waals surface area contributed by atoms with Crippen LogP contribution in [0.2, 0.25) is 0 Å². The van der Waals surface area contributed by atoms with E-state index in [0.29, 0.717) is 11.8 Å². The van der Waals surface area contributed by atoms with Crippen molar-refractivity contribution in [2.75, 3.05) is 25.0 Å². The lowest BCUT2D eigenvalue weighted by Gasteiger charge is -2.25. The average molecular weight is 292 g/mol. The van der Waals surface area contributed by atoms with Gasteiger partial charge in [-0.3, -0.25) is 0 Å². The van der Waals surface area contributed by atoms with Crippen LogP contribution in [0, 0.1) is 5.92 Å². The Morgan fingerprint density at radius 3 is 2.52 bits per heavy atom. The topological polar surface area (TPSA) is 41.1 Å². The average Bonchev–Trinajstić information content (AvgIpc) is 2.47. The van der Waals surface area contributed by atoms with Crippen molar-refractivity contribution in [3.63, 3.8) is 0 Å². The lowest BCUT2D eigenvalue weighted by Crippen LogP contribution is -2.27. The summed E-state index contributed by atoms with van der Waals surface area (Å²) in [6.07, 6.45) is 4.33. The van der Waals surface area contributed by atoms with Gasteiger partial charge in [0.1, 0.15) is 5.82 Å². The minimum absolute atomic E-state index is 0.365. The quantitative estimate of drug-likeness (QED) is 0.706. The summed E-state index contributed by atoms with van der Waals surface area (Å²) in [6, 6.07) is 0. The van der Waals surface area contributed by atoms with Crippen molar-refractivity contribution in [2.24, 2.45) is 5.92 Å². The van der Waals surface area contributed by atoms with E-state index < -0.39 is 0 Å². The zero-order valence-corrected chi connectivity index (χ0v) is 14.6. The summed E-state index contributed by atoms with van der Waals surface area (Å²) in [5, 5.41) is 3.46. The summed E-state index contributed by atoms with van der Waals surface area (Å²) in [7, 11) is 2.14. The van der Waals surface area contributed by atoms with Gasteiger partial charge < -0.3 is 10.2 Å². The molecule has 1 heterocycles. The number of rotatable bonds is 9. The smallest absolute Gasteiger partial charge is 0.131 e. The second kappa shape index (κ2) is 8.98. The molecule has 120 valence electrons. The molecule has 0 aromatic carbocycles. The Morgan fingerprint density at radius 2 is 1.95 bits per heavy atom. The third-order valence-electron chi connectivity index (χ3n) is 3.79. The van der Waals surface area contributed by atoms with Crippen LogP contribution in [-0.4, -0.2) is 30.1 Å². The number of nitrogens with one attached hydrogen (secondary N) is 1. The van der Waals surface area contributed by atoms with Crippen molar-refractivity contribution in [3.05, 3.63) is 17.7 Å². The van der Waals surface area contributed by atoms with Crippen LogP contribution in [0.1, 0.15) is 64.9 Å². The number of anilines is 1. The van der Waals surface area contributed by atoms with Gasteiger partial charge in [0, 0.05) is 26.1 Å². The standard InChI is InChI=1S/C17H32N4/c1-7-9-18-10-15-16(21(6)12-14(5)8-2)11-19-17(20-15)13(3)4/h11,13-14,18H,7-10,12H2,1-6H3. The lowest BCUT2D eigenvalue weighted by molar-refractivity contribution is 0.556. The Labute approximate surface area is 130 Å². The molecular formula is C17H32N4. The molecule has 1 N–H and O–H groups in total. The molecule has 21 heavy (non-hydrogen) atoms. The van der Waals surface area contributed by atoms with Gasteiger partial charge in [-0.25, -0.2) is 9.97 Å². The molecule has 0 bridgehead atoms. The molecule has 0 aliphatic carbocycles. The monoisotopic (exact) mass is 292 g/mol. The van der Waals surface area contributed by atoms with Crippen LogP contribution < -0.4 is 10.2 Å². The Kier molecular flexibility index (Phi) is 7.65. The fourth-order valence-corrected chi connectivity index (χ4v) is 2.23. The maximum absolute atomic E-state index is 4.78. The highest BCUT2D eigenvalue weighted by molar-refractivity contribution is 5.48. The van der Waals surface area contributed by atoms with Crippen LogP contribution in [0.5, 0.6) is 0 Å². The van der Waals surface area contributed by atoms with Crippen LogP contribution in [0.15, 0.2) is 6.20 Å². The molecule has 1 aromatic heterocycles. The Hall–Kier alpha value is -1.16. The molecular weight excluding hydrogens is 260 g/mol. The highest BCUT2D eigenvalue weighted by Crippen LogP contribution is 2.21. The predicted molar refractivity (Wildman–Crippen MR) is 90.8 cm³/mol. The first-order chi connectivity index (χ1) is 9.99. The minimum atomic E-state index is 0.365. The van der Waals surface area contributed by atoms with Gasteiger partial charge in [0.15, 0.2) is 0 Å². The molecule has 4 nitrogen and oxygen atoms in total. The van der Waals surface area contributed by atoms with Gasteiger partial charge in [0.05, 0.1) is 17.6 Å². The van der Waals surface area contributed by atoms with Gasteiger partial charge in [0.2, 0.25) is 0 Å². The summed E-state index contributed by atoms with van der Waals surface area (Å²) < 4.78 is 0. The minimum Gasteiger partial charge on any atom is -0.372 e. The van der Waals surface area contributed by atoms with Crippen molar-refractivity contribution in [3.8, 4) is 0 Å². The summed E-state index contributed by atoms with van der Waals surface area (Å²) in [5.74, 6) is 1.98. The molecule has 0 aliphatic heterocycles. The first-order valence-corrected chi connectivity index (χ1v) is 8.27. The van der Waals surface area contributed by atoms with Crippen molar-refractivity contribution >= 4 is 5.69 Å². The maximum Gasteiger partial charge on any atom is 0.131 e. The van der Waals surface area contributed by atoms with E-state index in [1.165, 1.54) is 6.42 Å². The second-order valence-corrected chi connectivity index (χ2v) is 6.29. The number of nitrogens with zero attached hydrogens (tertiary/aromatic N) is 3. The molecule has 4 heteroatoms.